The molecule has 0 aliphatic carbocycles. The lowest BCUT2D eigenvalue weighted by atomic mass is 10.1. The molecule has 0 fully saturated rings. The predicted molar refractivity (Wildman–Crippen MR) is 52.8 cm³/mol. The van der Waals surface area contributed by atoms with E-state index in [1.165, 1.54) is 0 Å². The number of aliphatic hydroxyl groups excluding tert-OH is 2. The quantitative estimate of drug-likeness (QED) is 0.602. The van der Waals surface area contributed by atoms with Crippen LogP contribution in [0.15, 0.2) is 6.20 Å². The maximum Gasteiger partial charge on any atom is 0.109 e. The van der Waals surface area contributed by atoms with Crippen LogP contribution in [0, 0.1) is 6.92 Å². The SMILES string of the molecule is CNCC(O)C(O)c1cn(C)nc1C. The van der Waals surface area contributed by atoms with Gasteiger partial charge in [-0.3, -0.25) is 4.68 Å². The van der Waals surface area contributed by atoms with E-state index >= 15 is 0 Å². The second-order valence-electron chi connectivity index (χ2n) is 3.41. The molecule has 2 unspecified atom stereocenters. The third-order valence-electron chi connectivity index (χ3n) is 2.15. The topological polar surface area (TPSA) is 70.3 Å². The highest BCUT2D eigenvalue weighted by Gasteiger charge is 2.21. The van der Waals surface area contributed by atoms with E-state index < -0.39 is 12.2 Å². The summed E-state index contributed by atoms with van der Waals surface area (Å²) in [6.07, 6.45) is 0.0397. The highest BCUT2D eigenvalue weighted by molar-refractivity contribution is 5.19. The fourth-order valence-electron chi connectivity index (χ4n) is 1.44. The van der Waals surface area contributed by atoms with E-state index in [-0.39, 0.29) is 0 Å². The number of nitrogens with zero attached hydrogens (tertiary/aromatic N) is 2. The van der Waals surface area contributed by atoms with E-state index in [4.69, 9.17) is 0 Å². The smallest absolute Gasteiger partial charge is 0.109 e. The Balaban J connectivity index is 2.77. The van der Waals surface area contributed by atoms with Crippen LogP contribution in [0.4, 0.5) is 0 Å². The zero-order valence-corrected chi connectivity index (χ0v) is 8.73. The van der Waals surface area contributed by atoms with E-state index in [0.29, 0.717) is 12.1 Å². The molecule has 80 valence electrons. The number of aliphatic hydroxyl groups is 2. The van der Waals surface area contributed by atoms with E-state index in [2.05, 4.69) is 10.4 Å². The van der Waals surface area contributed by atoms with E-state index in [0.717, 1.165) is 5.69 Å². The van der Waals surface area contributed by atoms with Crippen LogP contribution in [-0.4, -0.2) is 39.7 Å². The molecule has 0 radical (unpaired) electrons. The third-order valence-corrected chi connectivity index (χ3v) is 2.15. The summed E-state index contributed by atoms with van der Waals surface area (Å²) in [5, 5.41) is 26.2. The van der Waals surface area contributed by atoms with Crippen LogP contribution in [0.2, 0.25) is 0 Å². The monoisotopic (exact) mass is 199 g/mol. The second kappa shape index (κ2) is 4.54. The van der Waals surface area contributed by atoms with Crippen LogP contribution < -0.4 is 5.32 Å². The fourth-order valence-corrected chi connectivity index (χ4v) is 1.44. The van der Waals surface area contributed by atoms with Gasteiger partial charge in [0.1, 0.15) is 6.10 Å². The van der Waals surface area contributed by atoms with Gasteiger partial charge in [0.25, 0.3) is 0 Å². The van der Waals surface area contributed by atoms with Gasteiger partial charge in [0.15, 0.2) is 0 Å². The van der Waals surface area contributed by atoms with Crippen molar-refractivity contribution in [3.8, 4) is 0 Å². The first-order chi connectivity index (χ1) is 6.56. The Bertz CT molecular complexity index is 298. The van der Waals surface area contributed by atoms with Gasteiger partial charge < -0.3 is 15.5 Å². The number of hydrogen-bond donors (Lipinski definition) is 3. The number of aromatic nitrogens is 2. The molecule has 0 bridgehead atoms. The van der Waals surface area contributed by atoms with Gasteiger partial charge in [-0.15, -0.1) is 0 Å². The normalized spacial score (nSPS) is 15.5. The number of likely N-dealkylation sites (N-methyl/N-ethyl adjacent to an activating group) is 1. The van der Waals surface area contributed by atoms with Crippen LogP contribution >= 0.6 is 0 Å². The maximum atomic E-state index is 9.77. The van der Waals surface area contributed by atoms with Gasteiger partial charge in [-0.05, 0) is 14.0 Å². The molecular weight excluding hydrogens is 182 g/mol. The predicted octanol–water partition coefficient (Wildman–Crippen LogP) is -0.658. The van der Waals surface area contributed by atoms with Crippen molar-refractivity contribution in [3.63, 3.8) is 0 Å². The Hall–Kier alpha value is -0.910. The summed E-state index contributed by atoms with van der Waals surface area (Å²) in [5.74, 6) is 0. The van der Waals surface area contributed by atoms with Crippen molar-refractivity contribution in [2.75, 3.05) is 13.6 Å². The molecule has 5 heteroatoms. The first-order valence-corrected chi connectivity index (χ1v) is 4.57. The molecule has 0 amide bonds. The molecular formula is C9H17N3O2. The average Bonchev–Trinajstić information content (AvgIpc) is 2.44. The molecule has 1 rings (SSSR count). The summed E-state index contributed by atoms with van der Waals surface area (Å²) < 4.78 is 1.62. The number of nitrogens with one attached hydrogen (secondary N) is 1. The molecule has 0 spiro atoms. The number of rotatable bonds is 4. The summed E-state index contributed by atoms with van der Waals surface area (Å²) >= 11 is 0. The van der Waals surface area contributed by atoms with Gasteiger partial charge in [0, 0.05) is 25.4 Å². The summed E-state index contributed by atoms with van der Waals surface area (Å²) in [5.41, 5.74) is 1.42. The lowest BCUT2D eigenvalue weighted by Gasteiger charge is -2.16. The largest absolute Gasteiger partial charge is 0.389 e. The molecule has 1 heterocycles. The van der Waals surface area contributed by atoms with E-state index in [1.807, 2.05) is 6.92 Å². The molecule has 5 nitrogen and oxygen atoms in total. The summed E-state index contributed by atoms with van der Waals surface area (Å²) in [6.45, 7) is 2.17. The maximum absolute atomic E-state index is 9.77. The molecule has 1 aromatic heterocycles. The second-order valence-corrected chi connectivity index (χ2v) is 3.41. The van der Waals surface area contributed by atoms with Crippen LogP contribution in [0.25, 0.3) is 0 Å². The molecule has 0 aliphatic rings. The van der Waals surface area contributed by atoms with Crippen molar-refractivity contribution in [3.05, 3.63) is 17.5 Å². The van der Waals surface area contributed by atoms with Crippen molar-refractivity contribution in [2.24, 2.45) is 7.05 Å². The average molecular weight is 199 g/mol. The molecule has 14 heavy (non-hydrogen) atoms. The highest BCUT2D eigenvalue weighted by Crippen LogP contribution is 2.19. The Morgan fingerprint density at radius 3 is 2.64 bits per heavy atom. The van der Waals surface area contributed by atoms with Gasteiger partial charge in [-0.1, -0.05) is 0 Å². The minimum absolute atomic E-state index is 0.357. The van der Waals surface area contributed by atoms with Gasteiger partial charge in [0.2, 0.25) is 0 Å². The van der Waals surface area contributed by atoms with Crippen LogP contribution in [-0.2, 0) is 7.05 Å². The molecule has 0 aliphatic heterocycles. The Kier molecular flexibility index (Phi) is 3.62. The van der Waals surface area contributed by atoms with E-state index in [1.54, 1.807) is 25.0 Å². The standard InChI is InChI=1S/C9H17N3O2/c1-6-7(5-12(3)11-6)9(14)8(13)4-10-2/h5,8-10,13-14H,4H2,1-3H3. The van der Waals surface area contributed by atoms with E-state index in [9.17, 15) is 10.2 Å². The molecule has 0 saturated heterocycles. The Morgan fingerprint density at radius 1 is 1.57 bits per heavy atom. The molecule has 1 aromatic rings. The summed E-state index contributed by atoms with van der Waals surface area (Å²) in [4.78, 5) is 0. The first kappa shape index (κ1) is 11.2. The Labute approximate surface area is 83.4 Å². The molecule has 2 atom stereocenters. The highest BCUT2D eigenvalue weighted by atomic mass is 16.3. The first-order valence-electron chi connectivity index (χ1n) is 4.57. The van der Waals surface area contributed by atoms with Gasteiger partial charge in [-0.2, -0.15) is 5.10 Å². The van der Waals surface area contributed by atoms with Crippen LogP contribution in [0.3, 0.4) is 0 Å². The van der Waals surface area contributed by atoms with Crippen LogP contribution in [0.1, 0.15) is 17.4 Å². The lowest BCUT2D eigenvalue weighted by Crippen LogP contribution is -2.29. The van der Waals surface area contributed by atoms with Crippen molar-refractivity contribution in [1.29, 1.82) is 0 Å². The van der Waals surface area contributed by atoms with Gasteiger partial charge in [-0.25, -0.2) is 0 Å². The van der Waals surface area contributed by atoms with Crippen molar-refractivity contribution >= 4 is 0 Å². The number of hydrogen-bond acceptors (Lipinski definition) is 4. The minimum Gasteiger partial charge on any atom is -0.389 e. The number of aryl methyl sites for hydroxylation is 2. The third kappa shape index (κ3) is 2.31. The Morgan fingerprint density at radius 2 is 2.21 bits per heavy atom. The van der Waals surface area contributed by atoms with Crippen molar-refractivity contribution < 1.29 is 10.2 Å². The zero-order valence-electron chi connectivity index (χ0n) is 8.73. The molecule has 0 saturated carbocycles. The summed E-state index contributed by atoms with van der Waals surface area (Å²) in [7, 11) is 3.51. The molecule has 3 N–H and O–H groups in total. The van der Waals surface area contributed by atoms with Crippen LogP contribution in [0.5, 0.6) is 0 Å². The van der Waals surface area contributed by atoms with Gasteiger partial charge >= 0.3 is 0 Å². The minimum atomic E-state index is -0.879. The zero-order chi connectivity index (χ0) is 10.7. The molecule has 0 aromatic carbocycles. The van der Waals surface area contributed by atoms with Crippen molar-refractivity contribution in [2.45, 2.75) is 19.1 Å². The lowest BCUT2D eigenvalue weighted by molar-refractivity contribution is 0.0198. The fraction of sp³-hybridized carbons (Fsp3) is 0.667. The van der Waals surface area contributed by atoms with Crippen molar-refractivity contribution in [1.82, 2.24) is 15.1 Å². The summed E-state index contributed by atoms with van der Waals surface area (Å²) in [6, 6.07) is 0. The van der Waals surface area contributed by atoms with Gasteiger partial charge in [0.05, 0.1) is 11.8 Å².